The van der Waals surface area contributed by atoms with Crippen LogP contribution in [0.25, 0.3) is 5.65 Å². The summed E-state index contributed by atoms with van der Waals surface area (Å²) in [7, 11) is 0. The first kappa shape index (κ1) is 8.66. The van der Waals surface area contributed by atoms with Gasteiger partial charge in [-0.2, -0.15) is 5.26 Å². The molecule has 5 heteroatoms. The fourth-order valence-corrected chi connectivity index (χ4v) is 1.24. The molecule has 1 N–H and O–H groups in total. The van der Waals surface area contributed by atoms with Gasteiger partial charge in [-0.05, 0) is 12.1 Å². The van der Waals surface area contributed by atoms with Crippen molar-refractivity contribution in [1.82, 2.24) is 19.9 Å². The van der Waals surface area contributed by atoms with Crippen molar-refractivity contribution in [3.63, 3.8) is 0 Å². The minimum absolute atomic E-state index is 0.321. The van der Waals surface area contributed by atoms with E-state index < -0.39 is 0 Å². The minimum atomic E-state index is 0.321. The normalized spacial score (nSPS) is 10.2. The Labute approximate surface area is 81.0 Å². The summed E-state index contributed by atoms with van der Waals surface area (Å²) in [6, 6.07) is 7.73. The van der Waals surface area contributed by atoms with Crippen molar-refractivity contribution in [2.75, 3.05) is 6.54 Å². The van der Waals surface area contributed by atoms with E-state index in [0.717, 1.165) is 11.5 Å². The molecule has 0 spiro atoms. The number of rotatable bonds is 3. The Morgan fingerprint density at radius 1 is 1.43 bits per heavy atom. The second kappa shape index (κ2) is 3.85. The molecule has 0 amide bonds. The number of fused-ring (bicyclic) bond motifs is 1. The first-order valence-corrected chi connectivity index (χ1v) is 4.28. The molecule has 2 heterocycles. The van der Waals surface area contributed by atoms with Gasteiger partial charge in [-0.25, -0.2) is 0 Å². The monoisotopic (exact) mass is 187 g/mol. The van der Waals surface area contributed by atoms with Gasteiger partial charge < -0.3 is 0 Å². The molecule has 0 unspecified atom stereocenters. The number of nitrogens with zero attached hydrogens (tertiary/aromatic N) is 4. The van der Waals surface area contributed by atoms with E-state index in [9.17, 15) is 0 Å². The molecule has 2 rings (SSSR count). The molecule has 2 aromatic heterocycles. The highest BCUT2D eigenvalue weighted by Gasteiger charge is 2.02. The van der Waals surface area contributed by atoms with Crippen LogP contribution in [0.2, 0.25) is 0 Å². The molecule has 0 bridgehead atoms. The summed E-state index contributed by atoms with van der Waals surface area (Å²) in [5, 5.41) is 19.3. The average Bonchev–Trinajstić information content (AvgIpc) is 2.63. The number of pyridine rings is 1. The molecule has 2 aromatic rings. The molecule has 0 radical (unpaired) electrons. The summed E-state index contributed by atoms with van der Waals surface area (Å²) in [6.45, 7) is 0.875. The van der Waals surface area contributed by atoms with E-state index in [1.807, 2.05) is 34.9 Å². The van der Waals surface area contributed by atoms with Crippen LogP contribution < -0.4 is 5.32 Å². The van der Waals surface area contributed by atoms with Crippen molar-refractivity contribution >= 4 is 5.65 Å². The van der Waals surface area contributed by atoms with Crippen molar-refractivity contribution < 1.29 is 0 Å². The number of hydrogen-bond acceptors (Lipinski definition) is 4. The van der Waals surface area contributed by atoms with E-state index in [2.05, 4.69) is 15.5 Å². The maximum absolute atomic E-state index is 8.35. The highest BCUT2D eigenvalue weighted by Crippen LogP contribution is 2.01. The van der Waals surface area contributed by atoms with Gasteiger partial charge in [0, 0.05) is 6.20 Å². The molecule has 0 aliphatic rings. The second-order valence-electron chi connectivity index (χ2n) is 2.81. The Balaban J connectivity index is 2.22. The molecule has 70 valence electrons. The van der Waals surface area contributed by atoms with Crippen LogP contribution in [0, 0.1) is 11.3 Å². The van der Waals surface area contributed by atoms with Gasteiger partial charge in [0.1, 0.15) is 0 Å². The van der Waals surface area contributed by atoms with Crippen molar-refractivity contribution in [2.24, 2.45) is 0 Å². The van der Waals surface area contributed by atoms with E-state index >= 15 is 0 Å². The standard InChI is InChI=1S/C9H9N5/c10-4-5-11-7-9-13-12-8-3-1-2-6-14(8)9/h1-3,6,11H,5,7H2. The Morgan fingerprint density at radius 3 is 3.21 bits per heavy atom. The number of hydrogen-bond donors (Lipinski definition) is 1. The van der Waals surface area contributed by atoms with Crippen LogP contribution >= 0.6 is 0 Å². The second-order valence-corrected chi connectivity index (χ2v) is 2.81. The van der Waals surface area contributed by atoms with Crippen LogP contribution in [0.15, 0.2) is 24.4 Å². The maximum atomic E-state index is 8.35. The minimum Gasteiger partial charge on any atom is -0.297 e. The van der Waals surface area contributed by atoms with E-state index in [0.29, 0.717) is 13.1 Å². The van der Waals surface area contributed by atoms with Gasteiger partial charge >= 0.3 is 0 Å². The van der Waals surface area contributed by atoms with Crippen LogP contribution in [0.1, 0.15) is 5.82 Å². The third kappa shape index (κ3) is 1.56. The van der Waals surface area contributed by atoms with Crippen molar-refractivity contribution in [2.45, 2.75) is 6.54 Å². The highest BCUT2D eigenvalue weighted by molar-refractivity contribution is 5.36. The van der Waals surface area contributed by atoms with Gasteiger partial charge in [0.2, 0.25) is 0 Å². The van der Waals surface area contributed by atoms with Gasteiger partial charge in [0.15, 0.2) is 11.5 Å². The lowest BCUT2D eigenvalue weighted by atomic mass is 10.4. The Bertz CT molecular complexity index is 467. The lowest BCUT2D eigenvalue weighted by Crippen LogP contribution is -2.15. The van der Waals surface area contributed by atoms with E-state index in [1.54, 1.807) is 0 Å². The third-order valence-corrected chi connectivity index (χ3v) is 1.87. The molecule has 0 saturated carbocycles. The molecule has 5 nitrogen and oxygen atoms in total. The lowest BCUT2D eigenvalue weighted by molar-refractivity contribution is 0.711. The van der Waals surface area contributed by atoms with Crippen LogP contribution in [0.4, 0.5) is 0 Å². The summed E-state index contributed by atoms with van der Waals surface area (Å²) < 4.78 is 1.89. The van der Waals surface area contributed by atoms with E-state index in [1.165, 1.54) is 0 Å². The van der Waals surface area contributed by atoms with E-state index in [-0.39, 0.29) is 0 Å². The zero-order valence-electron chi connectivity index (χ0n) is 7.51. The summed E-state index contributed by atoms with van der Waals surface area (Å²) in [5.74, 6) is 0.816. The summed E-state index contributed by atoms with van der Waals surface area (Å²) in [4.78, 5) is 0. The Morgan fingerprint density at radius 2 is 2.36 bits per heavy atom. The zero-order valence-corrected chi connectivity index (χ0v) is 7.51. The highest BCUT2D eigenvalue weighted by atomic mass is 15.3. The lowest BCUT2D eigenvalue weighted by Gasteiger charge is -1.98. The first-order valence-electron chi connectivity index (χ1n) is 4.28. The summed E-state index contributed by atoms with van der Waals surface area (Å²) in [5.41, 5.74) is 0.821. The Hall–Kier alpha value is -1.93. The van der Waals surface area contributed by atoms with Gasteiger partial charge in [-0.1, -0.05) is 6.07 Å². The predicted molar refractivity (Wildman–Crippen MR) is 50.3 cm³/mol. The molecule has 0 aliphatic heterocycles. The van der Waals surface area contributed by atoms with Gasteiger partial charge in [0.05, 0.1) is 19.2 Å². The quantitative estimate of drug-likeness (QED) is 0.556. The third-order valence-electron chi connectivity index (χ3n) is 1.87. The van der Waals surface area contributed by atoms with Crippen LogP contribution in [0.3, 0.4) is 0 Å². The molecule has 14 heavy (non-hydrogen) atoms. The van der Waals surface area contributed by atoms with Crippen LogP contribution in [0.5, 0.6) is 0 Å². The SMILES string of the molecule is N#CCNCc1nnc2ccccn12. The van der Waals surface area contributed by atoms with Gasteiger partial charge in [-0.3, -0.25) is 9.72 Å². The summed E-state index contributed by atoms with van der Waals surface area (Å²) in [6.07, 6.45) is 1.90. The van der Waals surface area contributed by atoms with Gasteiger partial charge in [-0.15, -0.1) is 10.2 Å². The van der Waals surface area contributed by atoms with Crippen LogP contribution in [-0.2, 0) is 6.54 Å². The van der Waals surface area contributed by atoms with Crippen LogP contribution in [-0.4, -0.2) is 21.1 Å². The number of aromatic nitrogens is 3. The smallest absolute Gasteiger partial charge is 0.160 e. The van der Waals surface area contributed by atoms with Crippen molar-refractivity contribution in [1.29, 1.82) is 5.26 Å². The largest absolute Gasteiger partial charge is 0.297 e. The zero-order chi connectivity index (χ0) is 9.80. The topological polar surface area (TPSA) is 66.0 Å². The summed E-state index contributed by atoms with van der Waals surface area (Å²) >= 11 is 0. The van der Waals surface area contributed by atoms with Gasteiger partial charge in [0.25, 0.3) is 0 Å². The molecule has 0 fully saturated rings. The molecular weight excluding hydrogens is 178 g/mol. The molecule has 0 saturated heterocycles. The molecular formula is C9H9N5. The molecule has 0 atom stereocenters. The average molecular weight is 187 g/mol. The fraction of sp³-hybridized carbons (Fsp3) is 0.222. The number of nitriles is 1. The predicted octanol–water partition coefficient (Wildman–Crippen LogP) is 0.342. The fourth-order valence-electron chi connectivity index (χ4n) is 1.24. The molecule has 0 aromatic carbocycles. The van der Waals surface area contributed by atoms with Crippen molar-refractivity contribution in [3.05, 3.63) is 30.2 Å². The first-order chi connectivity index (χ1) is 6.92. The van der Waals surface area contributed by atoms with E-state index in [4.69, 9.17) is 5.26 Å². The van der Waals surface area contributed by atoms with Crippen molar-refractivity contribution in [3.8, 4) is 6.07 Å². The maximum Gasteiger partial charge on any atom is 0.160 e. The Kier molecular flexibility index (Phi) is 2.38. The number of nitrogens with one attached hydrogen (secondary N) is 1. The molecule has 0 aliphatic carbocycles.